The van der Waals surface area contributed by atoms with Gasteiger partial charge in [-0.1, -0.05) is 36.4 Å². The van der Waals surface area contributed by atoms with E-state index in [4.69, 9.17) is 19.9 Å². The lowest BCUT2D eigenvalue weighted by Gasteiger charge is -2.17. The van der Waals surface area contributed by atoms with Crippen molar-refractivity contribution in [2.75, 3.05) is 20.8 Å². The Morgan fingerprint density at radius 3 is 2.23 bits per heavy atom. The number of hydrogen-bond donors (Lipinski definition) is 1. The second-order valence-electron chi connectivity index (χ2n) is 4.60. The van der Waals surface area contributed by atoms with Gasteiger partial charge in [-0.2, -0.15) is 0 Å². The van der Waals surface area contributed by atoms with Crippen LogP contribution in [-0.2, 0) is 13.0 Å². The Hall–Kier alpha value is -1.91. The molecule has 0 fully saturated rings. The van der Waals surface area contributed by atoms with Crippen molar-refractivity contribution in [2.24, 2.45) is 5.73 Å². The Bertz CT molecular complexity index is 576. The fraction of sp³-hybridized carbons (Fsp3) is 0.294. The molecule has 0 aliphatic carbocycles. The Kier molecular flexibility index (Phi) is 7.57. The molecule has 0 bridgehead atoms. The Balaban J connectivity index is 0.00000242. The molecular formula is C17H22ClNO3. The maximum Gasteiger partial charge on any atom is 0.203 e. The topological polar surface area (TPSA) is 53.7 Å². The van der Waals surface area contributed by atoms with E-state index in [-0.39, 0.29) is 12.4 Å². The minimum absolute atomic E-state index is 0. The van der Waals surface area contributed by atoms with Gasteiger partial charge in [0.2, 0.25) is 5.75 Å². The molecule has 2 N–H and O–H groups in total. The second kappa shape index (κ2) is 9.18. The number of nitrogens with two attached hydrogens (primary N) is 1. The highest BCUT2D eigenvalue weighted by atomic mass is 35.5. The monoisotopic (exact) mass is 323 g/mol. The van der Waals surface area contributed by atoms with Gasteiger partial charge in [0, 0.05) is 0 Å². The van der Waals surface area contributed by atoms with E-state index in [1.165, 1.54) is 0 Å². The van der Waals surface area contributed by atoms with Crippen LogP contribution in [0.4, 0.5) is 0 Å². The molecule has 2 aromatic carbocycles. The van der Waals surface area contributed by atoms with Crippen molar-refractivity contribution in [3.8, 4) is 17.2 Å². The largest absolute Gasteiger partial charge is 0.493 e. The Labute approximate surface area is 137 Å². The SMILES string of the molecule is COc1ccc(CCN)c(OCc2ccccc2)c1OC.Cl. The average Bonchev–Trinajstić information content (AvgIpc) is 2.54. The first-order valence-electron chi connectivity index (χ1n) is 6.90. The summed E-state index contributed by atoms with van der Waals surface area (Å²) in [6.07, 6.45) is 0.727. The van der Waals surface area contributed by atoms with E-state index >= 15 is 0 Å². The zero-order valence-electron chi connectivity index (χ0n) is 12.9. The van der Waals surface area contributed by atoms with Gasteiger partial charge in [0.1, 0.15) is 6.61 Å². The van der Waals surface area contributed by atoms with Gasteiger partial charge >= 0.3 is 0 Å². The summed E-state index contributed by atoms with van der Waals surface area (Å²) in [5.41, 5.74) is 7.79. The summed E-state index contributed by atoms with van der Waals surface area (Å²) in [4.78, 5) is 0. The molecule has 22 heavy (non-hydrogen) atoms. The minimum atomic E-state index is 0. The molecule has 0 unspecified atom stereocenters. The van der Waals surface area contributed by atoms with Crippen LogP contribution in [0.25, 0.3) is 0 Å². The van der Waals surface area contributed by atoms with Crippen LogP contribution in [0.2, 0.25) is 0 Å². The Morgan fingerprint density at radius 1 is 0.909 bits per heavy atom. The predicted octanol–water partition coefficient (Wildman–Crippen LogP) is 3.21. The summed E-state index contributed by atoms with van der Waals surface area (Å²) < 4.78 is 16.8. The molecule has 2 rings (SSSR count). The van der Waals surface area contributed by atoms with Crippen molar-refractivity contribution in [3.05, 3.63) is 53.6 Å². The van der Waals surface area contributed by atoms with Gasteiger partial charge in [0.15, 0.2) is 11.5 Å². The molecule has 0 saturated carbocycles. The highest BCUT2D eigenvalue weighted by Crippen LogP contribution is 2.40. The summed E-state index contributed by atoms with van der Waals surface area (Å²) in [5, 5.41) is 0. The van der Waals surface area contributed by atoms with E-state index in [1.54, 1.807) is 14.2 Å². The fourth-order valence-electron chi connectivity index (χ4n) is 2.18. The lowest BCUT2D eigenvalue weighted by atomic mass is 10.1. The van der Waals surface area contributed by atoms with Crippen molar-refractivity contribution >= 4 is 12.4 Å². The maximum atomic E-state index is 5.98. The number of halogens is 1. The third-order valence-electron chi connectivity index (χ3n) is 3.22. The summed E-state index contributed by atoms with van der Waals surface area (Å²) in [5.74, 6) is 1.96. The van der Waals surface area contributed by atoms with Gasteiger partial charge in [0.05, 0.1) is 14.2 Å². The van der Waals surface area contributed by atoms with Gasteiger partial charge in [-0.25, -0.2) is 0 Å². The van der Waals surface area contributed by atoms with Gasteiger partial charge in [-0.15, -0.1) is 12.4 Å². The summed E-state index contributed by atoms with van der Waals surface area (Å²) >= 11 is 0. The van der Waals surface area contributed by atoms with Crippen LogP contribution in [0.1, 0.15) is 11.1 Å². The van der Waals surface area contributed by atoms with Gasteiger partial charge in [-0.05, 0) is 30.2 Å². The van der Waals surface area contributed by atoms with E-state index in [2.05, 4.69) is 0 Å². The van der Waals surface area contributed by atoms with Crippen LogP contribution >= 0.6 is 12.4 Å². The third-order valence-corrected chi connectivity index (χ3v) is 3.22. The van der Waals surface area contributed by atoms with E-state index in [1.807, 2.05) is 42.5 Å². The van der Waals surface area contributed by atoms with E-state index < -0.39 is 0 Å². The highest BCUT2D eigenvalue weighted by molar-refractivity contribution is 5.85. The molecule has 0 saturated heterocycles. The zero-order valence-corrected chi connectivity index (χ0v) is 13.7. The molecule has 4 nitrogen and oxygen atoms in total. The average molecular weight is 324 g/mol. The zero-order chi connectivity index (χ0) is 15.1. The number of methoxy groups -OCH3 is 2. The molecule has 0 radical (unpaired) electrons. The van der Waals surface area contributed by atoms with Crippen LogP contribution in [0.5, 0.6) is 17.2 Å². The van der Waals surface area contributed by atoms with Crippen molar-refractivity contribution in [1.29, 1.82) is 0 Å². The van der Waals surface area contributed by atoms with Crippen LogP contribution in [0.15, 0.2) is 42.5 Å². The molecule has 120 valence electrons. The predicted molar refractivity (Wildman–Crippen MR) is 90.3 cm³/mol. The molecule has 0 atom stereocenters. The molecule has 5 heteroatoms. The standard InChI is InChI=1S/C17H21NO3.ClH/c1-19-15-9-8-14(10-11-18)16(17(15)20-2)21-12-13-6-4-3-5-7-13;/h3-9H,10-12,18H2,1-2H3;1H. The normalized spacial score (nSPS) is 9.77. The Morgan fingerprint density at radius 2 is 1.64 bits per heavy atom. The van der Waals surface area contributed by atoms with E-state index in [0.29, 0.717) is 30.4 Å². The minimum Gasteiger partial charge on any atom is -0.493 e. The van der Waals surface area contributed by atoms with E-state index in [9.17, 15) is 0 Å². The van der Waals surface area contributed by atoms with Crippen LogP contribution in [0.3, 0.4) is 0 Å². The lowest BCUT2D eigenvalue weighted by molar-refractivity contribution is 0.272. The van der Waals surface area contributed by atoms with Crippen molar-refractivity contribution in [2.45, 2.75) is 13.0 Å². The maximum absolute atomic E-state index is 5.98. The molecular weight excluding hydrogens is 302 g/mol. The third kappa shape index (κ3) is 4.29. The highest BCUT2D eigenvalue weighted by Gasteiger charge is 2.16. The van der Waals surface area contributed by atoms with Crippen LogP contribution < -0.4 is 19.9 Å². The van der Waals surface area contributed by atoms with Crippen molar-refractivity contribution in [3.63, 3.8) is 0 Å². The molecule has 0 amide bonds. The quantitative estimate of drug-likeness (QED) is 0.850. The fourth-order valence-corrected chi connectivity index (χ4v) is 2.18. The lowest BCUT2D eigenvalue weighted by Crippen LogP contribution is -2.07. The summed E-state index contributed by atoms with van der Waals surface area (Å²) in [6.45, 7) is 1.03. The molecule has 0 spiro atoms. The first-order valence-corrected chi connectivity index (χ1v) is 6.90. The van der Waals surface area contributed by atoms with Crippen molar-refractivity contribution < 1.29 is 14.2 Å². The van der Waals surface area contributed by atoms with Crippen LogP contribution in [0, 0.1) is 0 Å². The van der Waals surface area contributed by atoms with Crippen molar-refractivity contribution in [1.82, 2.24) is 0 Å². The molecule has 0 aliphatic rings. The molecule has 0 heterocycles. The van der Waals surface area contributed by atoms with Gasteiger partial charge < -0.3 is 19.9 Å². The van der Waals surface area contributed by atoms with E-state index in [0.717, 1.165) is 17.5 Å². The van der Waals surface area contributed by atoms with Crippen LogP contribution in [-0.4, -0.2) is 20.8 Å². The smallest absolute Gasteiger partial charge is 0.203 e. The number of ether oxygens (including phenoxy) is 3. The summed E-state index contributed by atoms with van der Waals surface area (Å²) in [7, 11) is 3.22. The molecule has 2 aromatic rings. The first kappa shape index (κ1) is 18.1. The number of rotatable bonds is 7. The van der Waals surface area contributed by atoms with Gasteiger partial charge in [0.25, 0.3) is 0 Å². The number of benzene rings is 2. The summed E-state index contributed by atoms with van der Waals surface area (Å²) in [6, 6.07) is 13.8. The number of hydrogen-bond acceptors (Lipinski definition) is 4. The molecule has 0 aliphatic heterocycles. The second-order valence-corrected chi connectivity index (χ2v) is 4.60. The van der Waals surface area contributed by atoms with Gasteiger partial charge in [-0.3, -0.25) is 0 Å². The first-order chi connectivity index (χ1) is 10.3. The molecule has 0 aromatic heterocycles.